The van der Waals surface area contributed by atoms with Crippen LogP contribution in [0.15, 0.2) is 49.1 Å². The molecular weight excluding hydrogens is 304 g/mol. The Hall–Kier alpha value is -1.70. The van der Waals surface area contributed by atoms with Crippen LogP contribution >= 0.6 is 0 Å². The van der Waals surface area contributed by atoms with Crippen molar-refractivity contribution < 1.29 is 4.57 Å². The van der Waals surface area contributed by atoms with Crippen LogP contribution in [0.2, 0.25) is 0 Å². The zero-order chi connectivity index (χ0) is 17.2. The topological polar surface area (TPSA) is 16.8 Å². The molecule has 0 N–H and O–H groups in total. The lowest BCUT2D eigenvalue weighted by Gasteiger charge is -2.07. The third kappa shape index (κ3) is 6.26. The maximum absolute atomic E-state index is 4.08. The van der Waals surface area contributed by atoms with E-state index >= 15 is 0 Å². The van der Waals surface area contributed by atoms with E-state index in [1.54, 1.807) is 0 Å². The molecule has 0 aliphatic heterocycles. The van der Waals surface area contributed by atoms with Gasteiger partial charge in [-0.2, -0.15) is 0 Å². The van der Waals surface area contributed by atoms with E-state index in [2.05, 4.69) is 46.2 Å². The van der Waals surface area contributed by atoms with E-state index in [1.165, 1.54) is 81.8 Å². The van der Waals surface area contributed by atoms with Gasteiger partial charge in [0.15, 0.2) is 12.4 Å². The zero-order valence-corrected chi connectivity index (χ0v) is 15.6. The summed E-state index contributed by atoms with van der Waals surface area (Å²) in [5.74, 6) is 1.08. The molecule has 25 heavy (non-hydrogen) atoms. The van der Waals surface area contributed by atoms with Crippen molar-refractivity contribution in [3.8, 4) is 11.1 Å². The van der Waals surface area contributed by atoms with Crippen LogP contribution in [-0.2, 0) is 6.54 Å². The number of nitrogens with zero attached hydrogens (tertiary/aromatic N) is 2. The predicted molar refractivity (Wildman–Crippen MR) is 104 cm³/mol. The van der Waals surface area contributed by atoms with Crippen LogP contribution in [0.4, 0.5) is 0 Å². The fourth-order valence-corrected chi connectivity index (χ4v) is 4.08. The Balaban J connectivity index is 1.25. The second kappa shape index (κ2) is 10.3. The number of aromatic nitrogens is 2. The molecule has 2 aromatic rings. The third-order valence-corrected chi connectivity index (χ3v) is 5.66. The third-order valence-electron chi connectivity index (χ3n) is 5.66. The molecule has 1 saturated carbocycles. The van der Waals surface area contributed by atoms with Crippen molar-refractivity contribution in [3.63, 3.8) is 0 Å². The minimum Gasteiger partial charge on any atom is -0.265 e. The molecule has 2 heteroatoms. The zero-order valence-electron chi connectivity index (χ0n) is 15.6. The van der Waals surface area contributed by atoms with E-state index in [4.69, 9.17) is 0 Å². The van der Waals surface area contributed by atoms with Gasteiger partial charge in [0.2, 0.25) is 0 Å². The molecule has 1 aliphatic rings. The monoisotopic (exact) mass is 337 g/mol. The normalized spacial score (nSPS) is 14.9. The summed E-state index contributed by atoms with van der Waals surface area (Å²) in [5.41, 5.74) is 2.50. The fraction of sp³-hybridized carbons (Fsp3) is 0.565. The maximum Gasteiger partial charge on any atom is 0.169 e. The van der Waals surface area contributed by atoms with Crippen molar-refractivity contribution in [2.45, 2.75) is 77.2 Å². The molecule has 2 nitrogen and oxygen atoms in total. The molecule has 2 heterocycles. The van der Waals surface area contributed by atoms with Gasteiger partial charge in [0.05, 0.1) is 0 Å². The highest BCUT2D eigenvalue weighted by Crippen LogP contribution is 2.29. The SMILES string of the molecule is c1cc(-c2cc[n+](CCCCCCCCC3CCCC3)cc2)ccn1. The first-order valence-corrected chi connectivity index (χ1v) is 10.3. The van der Waals surface area contributed by atoms with Crippen molar-refractivity contribution in [2.75, 3.05) is 0 Å². The Morgan fingerprint density at radius 3 is 2.08 bits per heavy atom. The molecule has 134 valence electrons. The summed E-state index contributed by atoms with van der Waals surface area (Å²) in [4.78, 5) is 4.08. The number of hydrogen-bond donors (Lipinski definition) is 0. The summed E-state index contributed by atoms with van der Waals surface area (Å²) in [6, 6.07) is 8.54. The maximum atomic E-state index is 4.08. The van der Waals surface area contributed by atoms with Crippen molar-refractivity contribution in [1.82, 2.24) is 4.98 Å². The highest BCUT2D eigenvalue weighted by Gasteiger charge is 2.13. The van der Waals surface area contributed by atoms with E-state index in [0.717, 1.165) is 12.5 Å². The van der Waals surface area contributed by atoms with Crippen LogP contribution in [0.25, 0.3) is 11.1 Å². The van der Waals surface area contributed by atoms with Gasteiger partial charge in [-0.1, -0.05) is 57.8 Å². The lowest BCUT2D eigenvalue weighted by molar-refractivity contribution is -0.697. The first-order chi connectivity index (χ1) is 12.4. The molecule has 0 bridgehead atoms. The van der Waals surface area contributed by atoms with E-state index in [1.807, 2.05) is 12.4 Å². The van der Waals surface area contributed by atoms with Crippen molar-refractivity contribution in [1.29, 1.82) is 0 Å². The van der Waals surface area contributed by atoms with Crippen molar-refractivity contribution >= 4 is 0 Å². The van der Waals surface area contributed by atoms with Crippen LogP contribution in [0.5, 0.6) is 0 Å². The Kier molecular flexibility index (Phi) is 7.48. The van der Waals surface area contributed by atoms with Gasteiger partial charge < -0.3 is 0 Å². The van der Waals surface area contributed by atoms with Gasteiger partial charge in [0, 0.05) is 30.9 Å². The highest BCUT2D eigenvalue weighted by atomic mass is 14.9. The second-order valence-corrected chi connectivity index (χ2v) is 7.62. The average Bonchev–Trinajstić information content (AvgIpc) is 3.19. The molecule has 0 radical (unpaired) electrons. The van der Waals surface area contributed by atoms with Gasteiger partial charge in [-0.25, -0.2) is 4.57 Å². The molecule has 1 fully saturated rings. The smallest absolute Gasteiger partial charge is 0.169 e. The minimum atomic E-state index is 1.08. The van der Waals surface area contributed by atoms with Crippen LogP contribution in [-0.4, -0.2) is 4.98 Å². The van der Waals surface area contributed by atoms with Crippen LogP contribution < -0.4 is 4.57 Å². The number of hydrogen-bond acceptors (Lipinski definition) is 1. The van der Waals surface area contributed by atoms with E-state index in [0.29, 0.717) is 0 Å². The van der Waals surface area contributed by atoms with Gasteiger partial charge in [-0.15, -0.1) is 0 Å². The summed E-state index contributed by atoms with van der Waals surface area (Å²) in [6.45, 7) is 1.14. The summed E-state index contributed by atoms with van der Waals surface area (Å²) < 4.78 is 2.31. The van der Waals surface area contributed by atoms with Gasteiger partial charge in [0.1, 0.15) is 6.54 Å². The van der Waals surface area contributed by atoms with Gasteiger partial charge in [0.25, 0.3) is 0 Å². The van der Waals surface area contributed by atoms with Crippen molar-refractivity contribution in [3.05, 3.63) is 49.1 Å². The predicted octanol–water partition coefficient (Wildman–Crippen LogP) is 5.96. The van der Waals surface area contributed by atoms with Crippen LogP contribution in [0, 0.1) is 5.92 Å². The van der Waals surface area contributed by atoms with Crippen molar-refractivity contribution in [2.24, 2.45) is 5.92 Å². The first-order valence-electron chi connectivity index (χ1n) is 10.3. The second-order valence-electron chi connectivity index (χ2n) is 7.62. The summed E-state index contributed by atoms with van der Waals surface area (Å²) in [6.07, 6.45) is 24.0. The summed E-state index contributed by atoms with van der Waals surface area (Å²) in [5, 5.41) is 0. The van der Waals surface area contributed by atoms with Crippen LogP contribution in [0.3, 0.4) is 0 Å². The van der Waals surface area contributed by atoms with Crippen LogP contribution in [0.1, 0.15) is 70.6 Å². The van der Waals surface area contributed by atoms with Gasteiger partial charge >= 0.3 is 0 Å². The minimum absolute atomic E-state index is 1.08. The average molecular weight is 338 g/mol. The largest absolute Gasteiger partial charge is 0.265 e. The number of rotatable bonds is 10. The fourth-order valence-electron chi connectivity index (χ4n) is 4.08. The molecule has 0 spiro atoms. The lowest BCUT2D eigenvalue weighted by Crippen LogP contribution is -2.32. The number of unbranched alkanes of at least 4 members (excludes halogenated alkanes) is 5. The molecule has 3 rings (SSSR count). The Bertz CT molecular complexity index is 585. The molecule has 2 aromatic heterocycles. The molecule has 0 aromatic carbocycles. The molecule has 0 atom stereocenters. The Labute approximate surface area is 153 Å². The first kappa shape index (κ1) is 18.1. The molecular formula is C23H33N2+. The lowest BCUT2D eigenvalue weighted by atomic mass is 9.99. The molecule has 0 amide bonds. The molecule has 1 aliphatic carbocycles. The summed E-state index contributed by atoms with van der Waals surface area (Å²) in [7, 11) is 0. The van der Waals surface area contributed by atoms with Gasteiger partial charge in [-0.3, -0.25) is 4.98 Å². The summed E-state index contributed by atoms with van der Waals surface area (Å²) >= 11 is 0. The van der Waals surface area contributed by atoms with Gasteiger partial charge in [-0.05, 0) is 35.6 Å². The highest BCUT2D eigenvalue weighted by molar-refractivity contribution is 5.61. The number of aryl methyl sites for hydroxylation is 1. The quantitative estimate of drug-likeness (QED) is 0.386. The standard InChI is InChI=1S/C23H33N2/c1(3-5-9-21-10-6-7-11-21)2-4-8-18-25-19-14-23(15-20-25)22-12-16-24-17-13-22/h12-17,19-21H,1-11,18H2/q+1. The number of pyridine rings is 2. The molecule has 0 saturated heterocycles. The van der Waals surface area contributed by atoms with E-state index in [9.17, 15) is 0 Å². The molecule has 0 unspecified atom stereocenters. The Morgan fingerprint density at radius 2 is 1.36 bits per heavy atom. The Morgan fingerprint density at radius 1 is 0.760 bits per heavy atom. The van der Waals surface area contributed by atoms with E-state index < -0.39 is 0 Å². The van der Waals surface area contributed by atoms with E-state index in [-0.39, 0.29) is 0 Å².